The second kappa shape index (κ2) is 11.3. The Balaban J connectivity index is 1.48. The van der Waals surface area contributed by atoms with Crippen molar-refractivity contribution in [3.05, 3.63) is 66.0 Å². The number of ether oxygens (including phenoxy) is 2. The Morgan fingerprint density at radius 3 is 2.67 bits per heavy atom. The van der Waals surface area contributed by atoms with Crippen molar-refractivity contribution in [2.45, 2.75) is 31.7 Å². The molecule has 7 nitrogen and oxygen atoms in total. The van der Waals surface area contributed by atoms with Crippen LogP contribution < -0.4 is 14.8 Å². The zero-order chi connectivity index (χ0) is 21.2. The van der Waals surface area contributed by atoms with E-state index in [1.807, 2.05) is 54.0 Å². The number of hydrogen-bond acceptors (Lipinski definition) is 6. The smallest absolute Gasteiger partial charge is 0.230 e. The highest BCUT2D eigenvalue weighted by molar-refractivity contribution is 7.99. The van der Waals surface area contributed by atoms with Gasteiger partial charge in [0, 0.05) is 19.2 Å². The maximum Gasteiger partial charge on any atom is 0.230 e. The van der Waals surface area contributed by atoms with Gasteiger partial charge in [-0.2, -0.15) is 0 Å². The molecule has 2 aromatic carbocycles. The number of methoxy groups -OCH3 is 1. The third kappa shape index (κ3) is 6.25. The third-order valence-corrected chi connectivity index (χ3v) is 5.40. The molecule has 30 heavy (non-hydrogen) atoms. The van der Waals surface area contributed by atoms with Crippen LogP contribution in [0.3, 0.4) is 0 Å². The predicted octanol–water partition coefficient (Wildman–Crippen LogP) is 3.34. The van der Waals surface area contributed by atoms with E-state index < -0.39 is 0 Å². The maximum absolute atomic E-state index is 12.2. The largest absolute Gasteiger partial charge is 0.497 e. The molecule has 0 bridgehead atoms. The fourth-order valence-corrected chi connectivity index (χ4v) is 3.71. The van der Waals surface area contributed by atoms with E-state index in [-0.39, 0.29) is 12.5 Å². The first-order valence-electron chi connectivity index (χ1n) is 9.82. The van der Waals surface area contributed by atoms with Crippen molar-refractivity contribution in [1.29, 1.82) is 0 Å². The fraction of sp³-hybridized carbons (Fsp3) is 0.318. The minimum absolute atomic E-state index is 0.0178. The highest BCUT2D eigenvalue weighted by Gasteiger charge is 2.14. The number of benzene rings is 2. The summed E-state index contributed by atoms with van der Waals surface area (Å²) in [5, 5.41) is 12.1. The molecule has 3 aromatic rings. The van der Waals surface area contributed by atoms with Crippen molar-refractivity contribution in [2.75, 3.05) is 19.4 Å². The van der Waals surface area contributed by atoms with Crippen LogP contribution in [0.1, 0.15) is 18.3 Å². The van der Waals surface area contributed by atoms with Crippen LogP contribution in [-0.4, -0.2) is 40.1 Å². The van der Waals surface area contributed by atoms with E-state index in [0.717, 1.165) is 12.2 Å². The van der Waals surface area contributed by atoms with E-state index in [2.05, 4.69) is 27.6 Å². The zero-order valence-corrected chi connectivity index (χ0v) is 18.0. The third-order valence-electron chi connectivity index (χ3n) is 4.43. The van der Waals surface area contributed by atoms with E-state index >= 15 is 0 Å². The minimum atomic E-state index is -0.0178. The monoisotopic (exact) mass is 426 g/mol. The van der Waals surface area contributed by atoms with E-state index in [4.69, 9.17) is 9.47 Å². The summed E-state index contributed by atoms with van der Waals surface area (Å²) >= 11 is 1.38. The number of hydrogen-bond donors (Lipinski definition) is 1. The Kier molecular flexibility index (Phi) is 8.14. The predicted molar refractivity (Wildman–Crippen MR) is 117 cm³/mol. The molecule has 0 aliphatic carbocycles. The maximum atomic E-state index is 12.2. The first kappa shape index (κ1) is 21.7. The van der Waals surface area contributed by atoms with Crippen LogP contribution in [0.25, 0.3) is 0 Å². The lowest BCUT2D eigenvalue weighted by atomic mass is 10.1. The van der Waals surface area contributed by atoms with Gasteiger partial charge in [0.1, 0.15) is 18.1 Å². The van der Waals surface area contributed by atoms with Crippen LogP contribution >= 0.6 is 11.8 Å². The quantitative estimate of drug-likeness (QED) is 0.474. The summed E-state index contributed by atoms with van der Waals surface area (Å²) < 4.78 is 13.0. The van der Waals surface area contributed by atoms with Crippen molar-refractivity contribution in [3.63, 3.8) is 0 Å². The van der Waals surface area contributed by atoms with Gasteiger partial charge in [-0.3, -0.25) is 4.79 Å². The van der Waals surface area contributed by atoms with E-state index in [1.54, 1.807) is 7.11 Å². The molecule has 0 unspecified atom stereocenters. The second-order valence-electron chi connectivity index (χ2n) is 6.48. The molecule has 0 atom stereocenters. The molecule has 8 heteroatoms. The van der Waals surface area contributed by atoms with E-state index in [1.165, 1.54) is 17.3 Å². The molecule has 158 valence electrons. The number of carbonyl (C=O) groups is 1. The highest BCUT2D eigenvalue weighted by Crippen LogP contribution is 2.21. The summed E-state index contributed by atoms with van der Waals surface area (Å²) in [4.78, 5) is 12.2. The van der Waals surface area contributed by atoms with Gasteiger partial charge in [0.05, 0.1) is 12.9 Å². The van der Waals surface area contributed by atoms with Gasteiger partial charge in [-0.15, -0.1) is 10.2 Å². The number of rotatable bonds is 11. The molecule has 0 saturated heterocycles. The topological polar surface area (TPSA) is 78.3 Å². The average molecular weight is 427 g/mol. The second-order valence-corrected chi connectivity index (χ2v) is 7.43. The molecule has 1 N–H and O–H groups in total. The summed E-state index contributed by atoms with van der Waals surface area (Å²) in [7, 11) is 1.62. The molecule has 1 aromatic heterocycles. The molecular formula is C22H26N4O3S. The fourth-order valence-electron chi connectivity index (χ4n) is 2.86. The van der Waals surface area contributed by atoms with Crippen LogP contribution in [-0.2, 0) is 24.4 Å². The Morgan fingerprint density at radius 2 is 1.90 bits per heavy atom. The van der Waals surface area contributed by atoms with Crippen LogP contribution in [0.15, 0.2) is 59.8 Å². The highest BCUT2D eigenvalue weighted by atomic mass is 32.2. The van der Waals surface area contributed by atoms with Gasteiger partial charge in [-0.25, -0.2) is 0 Å². The van der Waals surface area contributed by atoms with Gasteiger partial charge >= 0.3 is 0 Å². The first-order valence-corrected chi connectivity index (χ1v) is 10.8. The van der Waals surface area contributed by atoms with Crippen molar-refractivity contribution in [1.82, 2.24) is 20.1 Å². The average Bonchev–Trinajstić information content (AvgIpc) is 3.19. The minimum Gasteiger partial charge on any atom is -0.497 e. The van der Waals surface area contributed by atoms with Gasteiger partial charge in [-0.05, 0) is 31.0 Å². The molecule has 0 aliphatic rings. The Morgan fingerprint density at radius 1 is 1.10 bits per heavy atom. The summed E-state index contributed by atoms with van der Waals surface area (Å²) in [6.07, 6.45) is 0.814. The number of thioether (sulfide) groups is 1. The van der Waals surface area contributed by atoms with Crippen LogP contribution in [0.5, 0.6) is 11.5 Å². The standard InChI is InChI=1S/C22H26N4O3S/c1-3-26-20(15-29-19-11-7-10-18(14-19)28-2)24-25-22(26)30-16-21(27)23-13-12-17-8-5-4-6-9-17/h4-11,14H,3,12-13,15-16H2,1-2H3,(H,23,27). The first-order chi connectivity index (χ1) is 14.7. The molecule has 0 aliphatic heterocycles. The van der Waals surface area contributed by atoms with Gasteiger partial charge < -0.3 is 19.4 Å². The number of nitrogens with zero attached hydrogens (tertiary/aromatic N) is 3. The van der Waals surface area contributed by atoms with Gasteiger partial charge in [0.2, 0.25) is 5.91 Å². The molecule has 1 amide bonds. The lowest BCUT2D eigenvalue weighted by molar-refractivity contribution is -0.118. The Hall–Kier alpha value is -3.00. The van der Waals surface area contributed by atoms with E-state index in [9.17, 15) is 4.79 Å². The molecule has 3 rings (SSSR count). The number of nitrogens with one attached hydrogen (secondary N) is 1. The van der Waals surface area contributed by atoms with Crippen molar-refractivity contribution in [3.8, 4) is 11.5 Å². The molecule has 1 heterocycles. The summed E-state index contributed by atoms with van der Waals surface area (Å²) in [5.41, 5.74) is 1.21. The van der Waals surface area contributed by atoms with Gasteiger partial charge in [0.15, 0.2) is 11.0 Å². The van der Waals surface area contributed by atoms with Crippen molar-refractivity contribution < 1.29 is 14.3 Å². The van der Waals surface area contributed by atoms with Crippen LogP contribution in [0.4, 0.5) is 0 Å². The lowest BCUT2D eigenvalue weighted by Gasteiger charge is -2.10. The zero-order valence-electron chi connectivity index (χ0n) is 17.2. The number of carbonyl (C=O) groups excluding carboxylic acids is 1. The normalized spacial score (nSPS) is 10.6. The lowest BCUT2D eigenvalue weighted by Crippen LogP contribution is -2.27. The van der Waals surface area contributed by atoms with Gasteiger partial charge in [-0.1, -0.05) is 48.2 Å². The van der Waals surface area contributed by atoms with E-state index in [0.29, 0.717) is 35.6 Å². The molecule has 0 fully saturated rings. The molecule has 0 radical (unpaired) electrons. The Bertz CT molecular complexity index is 947. The molecular weight excluding hydrogens is 400 g/mol. The molecule has 0 spiro atoms. The van der Waals surface area contributed by atoms with Crippen molar-refractivity contribution >= 4 is 17.7 Å². The van der Waals surface area contributed by atoms with Crippen molar-refractivity contribution in [2.24, 2.45) is 0 Å². The molecule has 0 saturated carbocycles. The summed E-state index contributed by atoms with van der Waals surface area (Å²) in [5.74, 6) is 2.43. The van der Waals surface area contributed by atoms with Crippen LogP contribution in [0, 0.1) is 0 Å². The van der Waals surface area contributed by atoms with Crippen LogP contribution in [0.2, 0.25) is 0 Å². The SMILES string of the molecule is CCn1c(COc2cccc(OC)c2)nnc1SCC(=O)NCCc1ccccc1. The summed E-state index contributed by atoms with van der Waals surface area (Å²) in [6.45, 7) is 3.62. The van der Waals surface area contributed by atoms with Gasteiger partial charge in [0.25, 0.3) is 0 Å². The Labute approximate surface area is 180 Å². The summed E-state index contributed by atoms with van der Waals surface area (Å²) in [6, 6.07) is 17.5. The number of amides is 1. The number of aromatic nitrogens is 3.